The number of pyridine rings is 1. The van der Waals surface area contributed by atoms with Crippen molar-refractivity contribution in [2.45, 2.75) is 25.8 Å². The Labute approximate surface area is 129 Å². The number of hydrogen-bond donors (Lipinski definition) is 0. The van der Waals surface area contributed by atoms with Gasteiger partial charge in [0.2, 0.25) is 5.88 Å². The molecule has 22 heavy (non-hydrogen) atoms. The molecule has 0 aliphatic carbocycles. The van der Waals surface area contributed by atoms with Gasteiger partial charge in [-0.15, -0.1) is 0 Å². The Kier molecular flexibility index (Phi) is 4.00. The molecule has 1 fully saturated rings. The van der Waals surface area contributed by atoms with Crippen molar-refractivity contribution in [1.29, 1.82) is 0 Å². The van der Waals surface area contributed by atoms with Crippen molar-refractivity contribution in [1.82, 2.24) is 19.9 Å². The second-order valence-electron chi connectivity index (χ2n) is 5.33. The normalized spacial score (nSPS) is 17.5. The second kappa shape index (κ2) is 6.09. The van der Waals surface area contributed by atoms with E-state index in [2.05, 4.69) is 15.0 Å². The lowest BCUT2D eigenvalue weighted by Gasteiger charge is -2.24. The first-order chi connectivity index (χ1) is 10.7. The van der Waals surface area contributed by atoms with E-state index in [1.54, 1.807) is 37.8 Å². The molecule has 3 rings (SSSR count). The zero-order valence-electron chi connectivity index (χ0n) is 12.7. The zero-order valence-corrected chi connectivity index (χ0v) is 12.7. The minimum absolute atomic E-state index is 0.0120. The quantitative estimate of drug-likeness (QED) is 0.868. The van der Waals surface area contributed by atoms with E-state index in [9.17, 15) is 4.79 Å². The smallest absolute Gasteiger partial charge is 0.255 e. The van der Waals surface area contributed by atoms with Gasteiger partial charge in [-0.05, 0) is 25.8 Å². The van der Waals surface area contributed by atoms with Gasteiger partial charge in [0.15, 0.2) is 0 Å². The molecule has 0 bridgehead atoms. The van der Waals surface area contributed by atoms with Crippen molar-refractivity contribution < 1.29 is 9.53 Å². The summed E-state index contributed by atoms with van der Waals surface area (Å²) in [6.07, 6.45) is 6.90. The van der Waals surface area contributed by atoms with Gasteiger partial charge in [-0.3, -0.25) is 14.8 Å². The second-order valence-corrected chi connectivity index (χ2v) is 5.33. The standard InChI is InChI=1S/C16H18N4O2/c1-11-8-17-10-13(19-11)14-4-3-7-20(14)16(21)12-5-6-15(22-2)18-9-12/h5-6,8-10,14H,3-4,7H2,1-2H3/t14-/m1/s1. The summed E-state index contributed by atoms with van der Waals surface area (Å²) >= 11 is 0. The summed E-state index contributed by atoms with van der Waals surface area (Å²) in [5.74, 6) is 0.472. The fourth-order valence-electron chi connectivity index (χ4n) is 2.75. The maximum Gasteiger partial charge on any atom is 0.255 e. The number of aromatic nitrogens is 3. The van der Waals surface area contributed by atoms with Gasteiger partial charge in [0.25, 0.3) is 5.91 Å². The van der Waals surface area contributed by atoms with Gasteiger partial charge in [-0.25, -0.2) is 4.98 Å². The van der Waals surface area contributed by atoms with Gasteiger partial charge in [0, 0.05) is 25.0 Å². The van der Waals surface area contributed by atoms with E-state index in [0.29, 0.717) is 11.4 Å². The number of nitrogens with zero attached hydrogens (tertiary/aromatic N) is 4. The molecule has 114 valence electrons. The average molecular weight is 298 g/mol. The number of carbonyl (C=O) groups excluding carboxylic acids is 1. The average Bonchev–Trinajstić information content (AvgIpc) is 3.04. The Morgan fingerprint density at radius 1 is 1.32 bits per heavy atom. The summed E-state index contributed by atoms with van der Waals surface area (Å²) in [4.78, 5) is 27.4. The van der Waals surface area contributed by atoms with E-state index in [-0.39, 0.29) is 11.9 Å². The van der Waals surface area contributed by atoms with Crippen molar-refractivity contribution in [3.05, 3.63) is 47.7 Å². The van der Waals surface area contributed by atoms with Crippen LogP contribution in [0.2, 0.25) is 0 Å². The van der Waals surface area contributed by atoms with Crippen LogP contribution in [-0.2, 0) is 0 Å². The molecule has 0 radical (unpaired) electrons. The molecule has 1 aliphatic rings. The zero-order chi connectivity index (χ0) is 15.5. The Morgan fingerprint density at radius 3 is 2.86 bits per heavy atom. The van der Waals surface area contributed by atoms with Crippen LogP contribution in [-0.4, -0.2) is 39.4 Å². The molecule has 1 saturated heterocycles. The molecule has 3 heterocycles. The Hall–Kier alpha value is -2.50. The topological polar surface area (TPSA) is 68.2 Å². The molecular formula is C16H18N4O2. The molecule has 0 spiro atoms. The maximum atomic E-state index is 12.7. The van der Waals surface area contributed by atoms with Crippen molar-refractivity contribution in [3.8, 4) is 5.88 Å². The third-order valence-corrected chi connectivity index (χ3v) is 3.82. The van der Waals surface area contributed by atoms with Crippen LogP contribution in [0.15, 0.2) is 30.7 Å². The van der Waals surface area contributed by atoms with E-state index in [4.69, 9.17) is 4.74 Å². The van der Waals surface area contributed by atoms with Crippen LogP contribution in [0.25, 0.3) is 0 Å². The lowest BCUT2D eigenvalue weighted by molar-refractivity contribution is 0.0732. The fourth-order valence-corrected chi connectivity index (χ4v) is 2.75. The first-order valence-electron chi connectivity index (χ1n) is 7.28. The summed E-state index contributed by atoms with van der Waals surface area (Å²) in [7, 11) is 1.55. The fraction of sp³-hybridized carbons (Fsp3) is 0.375. The molecule has 0 aromatic carbocycles. The van der Waals surface area contributed by atoms with E-state index >= 15 is 0 Å². The van der Waals surface area contributed by atoms with Crippen LogP contribution < -0.4 is 4.74 Å². The molecule has 2 aromatic heterocycles. The molecule has 6 heteroatoms. The van der Waals surface area contributed by atoms with Crippen molar-refractivity contribution in [3.63, 3.8) is 0 Å². The maximum absolute atomic E-state index is 12.7. The highest BCUT2D eigenvalue weighted by molar-refractivity contribution is 5.94. The Morgan fingerprint density at radius 2 is 2.18 bits per heavy atom. The highest BCUT2D eigenvalue weighted by Gasteiger charge is 2.31. The van der Waals surface area contributed by atoms with Crippen LogP contribution >= 0.6 is 0 Å². The van der Waals surface area contributed by atoms with Crippen LogP contribution in [0.3, 0.4) is 0 Å². The van der Waals surface area contributed by atoms with Gasteiger partial charge in [-0.2, -0.15) is 0 Å². The molecule has 1 aliphatic heterocycles. The van der Waals surface area contributed by atoms with Crippen molar-refractivity contribution in [2.24, 2.45) is 0 Å². The summed E-state index contributed by atoms with van der Waals surface area (Å²) in [6, 6.07) is 3.43. The number of hydrogen-bond acceptors (Lipinski definition) is 5. The summed E-state index contributed by atoms with van der Waals surface area (Å²) in [5.41, 5.74) is 2.28. The molecule has 1 atom stereocenters. The third-order valence-electron chi connectivity index (χ3n) is 3.82. The summed E-state index contributed by atoms with van der Waals surface area (Å²) in [5, 5.41) is 0. The lowest BCUT2D eigenvalue weighted by Crippen LogP contribution is -2.31. The molecular weight excluding hydrogens is 280 g/mol. The number of methoxy groups -OCH3 is 1. The van der Waals surface area contributed by atoms with Gasteiger partial charge in [0.05, 0.1) is 36.3 Å². The van der Waals surface area contributed by atoms with Gasteiger partial charge >= 0.3 is 0 Å². The number of likely N-dealkylation sites (tertiary alicyclic amines) is 1. The van der Waals surface area contributed by atoms with Gasteiger partial charge < -0.3 is 9.64 Å². The minimum Gasteiger partial charge on any atom is -0.481 e. The number of ether oxygens (including phenoxy) is 1. The van der Waals surface area contributed by atoms with Crippen LogP contribution in [0.5, 0.6) is 5.88 Å². The number of carbonyl (C=O) groups is 1. The van der Waals surface area contributed by atoms with E-state index < -0.39 is 0 Å². The Bertz CT molecular complexity index is 672. The summed E-state index contributed by atoms with van der Waals surface area (Å²) < 4.78 is 5.02. The van der Waals surface area contributed by atoms with Crippen LogP contribution in [0, 0.1) is 6.92 Å². The Balaban J connectivity index is 1.84. The predicted molar refractivity (Wildman–Crippen MR) is 80.6 cm³/mol. The van der Waals surface area contributed by atoms with Crippen LogP contribution in [0.4, 0.5) is 0 Å². The summed E-state index contributed by atoms with van der Waals surface area (Å²) in [6.45, 7) is 2.64. The molecule has 0 unspecified atom stereocenters. The number of rotatable bonds is 3. The first kappa shape index (κ1) is 14.4. The van der Waals surface area contributed by atoms with Gasteiger partial charge in [-0.1, -0.05) is 0 Å². The lowest BCUT2D eigenvalue weighted by atomic mass is 10.1. The van der Waals surface area contributed by atoms with E-state index in [1.165, 1.54) is 0 Å². The largest absolute Gasteiger partial charge is 0.481 e. The van der Waals surface area contributed by atoms with E-state index in [0.717, 1.165) is 30.8 Å². The monoisotopic (exact) mass is 298 g/mol. The van der Waals surface area contributed by atoms with Gasteiger partial charge in [0.1, 0.15) is 0 Å². The van der Waals surface area contributed by atoms with Crippen molar-refractivity contribution >= 4 is 5.91 Å². The highest BCUT2D eigenvalue weighted by Crippen LogP contribution is 2.31. The van der Waals surface area contributed by atoms with Crippen molar-refractivity contribution in [2.75, 3.05) is 13.7 Å². The SMILES string of the molecule is COc1ccc(C(=O)N2CCC[C@@H]2c2cncc(C)n2)cn1. The molecule has 6 nitrogen and oxygen atoms in total. The third kappa shape index (κ3) is 2.77. The minimum atomic E-state index is -0.0269. The highest BCUT2D eigenvalue weighted by atomic mass is 16.5. The molecule has 1 amide bonds. The molecule has 0 saturated carbocycles. The number of amides is 1. The molecule has 2 aromatic rings. The van der Waals surface area contributed by atoms with E-state index in [1.807, 2.05) is 11.8 Å². The molecule has 0 N–H and O–H groups in total. The first-order valence-corrected chi connectivity index (χ1v) is 7.28. The number of aryl methyl sites for hydroxylation is 1. The predicted octanol–water partition coefficient (Wildman–Crippen LogP) is 2.17. The van der Waals surface area contributed by atoms with Crippen LogP contribution in [0.1, 0.15) is 40.6 Å².